The van der Waals surface area contributed by atoms with Gasteiger partial charge < -0.3 is 4.74 Å². The van der Waals surface area contributed by atoms with Gasteiger partial charge in [0.2, 0.25) is 0 Å². The van der Waals surface area contributed by atoms with E-state index in [1.54, 1.807) is 11.1 Å². The molecular weight excluding hydrogens is 412 g/mol. The molecule has 1 nitrogen and oxygen atoms in total. The fourth-order valence-corrected chi connectivity index (χ4v) is 9.05. The zero-order valence-corrected chi connectivity index (χ0v) is 21.5. The summed E-state index contributed by atoms with van der Waals surface area (Å²) in [4.78, 5) is 0. The Labute approximate surface area is 207 Å². The van der Waals surface area contributed by atoms with Crippen LogP contribution in [0.2, 0.25) is 0 Å². The second kappa shape index (κ2) is 9.12. The first kappa shape index (κ1) is 22.8. The highest BCUT2D eigenvalue weighted by Crippen LogP contribution is 2.70. The highest BCUT2D eigenvalue weighted by atomic mass is 16.5. The van der Waals surface area contributed by atoms with Gasteiger partial charge in [0.05, 0.1) is 5.60 Å². The molecule has 0 bridgehead atoms. The Morgan fingerprint density at radius 3 is 2.53 bits per heavy atom. The lowest BCUT2D eigenvalue weighted by Gasteiger charge is -2.60. The smallest absolute Gasteiger partial charge is 0.0715 e. The monoisotopic (exact) mass is 456 g/mol. The summed E-state index contributed by atoms with van der Waals surface area (Å²) in [5.74, 6) is 3.45. The van der Waals surface area contributed by atoms with E-state index in [-0.39, 0.29) is 5.60 Å². The van der Waals surface area contributed by atoms with Crippen molar-refractivity contribution in [3.63, 3.8) is 0 Å². The van der Waals surface area contributed by atoms with Gasteiger partial charge in [0.25, 0.3) is 0 Å². The van der Waals surface area contributed by atoms with E-state index in [0.29, 0.717) is 5.41 Å². The van der Waals surface area contributed by atoms with Crippen molar-refractivity contribution >= 4 is 0 Å². The lowest BCUT2D eigenvalue weighted by molar-refractivity contribution is -0.183. The Morgan fingerprint density at radius 2 is 1.76 bits per heavy atom. The molecule has 3 saturated carbocycles. The fraction of sp³-hybridized carbons (Fsp3) is 0.636. The van der Waals surface area contributed by atoms with E-state index in [2.05, 4.69) is 62.4 Å². The second-order valence-electron chi connectivity index (χ2n) is 12.3. The van der Waals surface area contributed by atoms with E-state index < -0.39 is 0 Å². The van der Waals surface area contributed by atoms with Crippen LogP contribution in [-0.4, -0.2) is 12.2 Å². The number of fused-ring (bicyclic) bond motifs is 5. The molecule has 4 aliphatic carbocycles. The third-order valence-electron chi connectivity index (χ3n) is 10.8. The van der Waals surface area contributed by atoms with Gasteiger partial charge >= 0.3 is 0 Å². The summed E-state index contributed by atoms with van der Waals surface area (Å²) in [7, 11) is 0. The van der Waals surface area contributed by atoms with E-state index >= 15 is 0 Å². The molecule has 182 valence electrons. The summed E-state index contributed by atoms with van der Waals surface area (Å²) >= 11 is 0. The van der Waals surface area contributed by atoms with Crippen LogP contribution in [-0.2, 0) is 17.6 Å². The molecule has 4 unspecified atom stereocenters. The lowest BCUT2D eigenvalue weighted by Crippen LogP contribution is -2.57. The van der Waals surface area contributed by atoms with Gasteiger partial charge in [-0.25, -0.2) is 0 Å². The average molecular weight is 457 g/mol. The molecular formula is C33H44O. The van der Waals surface area contributed by atoms with Gasteiger partial charge in [-0.05, 0) is 117 Å². The van der Waals surface area contributed by atoms with Crippen molar-refractivity contribution in [1.82, 2.24) is 0 Å². The van der Waals surface area contributed by atoms with Crippen LogP contribution in [0.15, 0.2) is 48.5 Å². The van der Waals surface area contributed by atoms with E-state index in [1.807, 2.05) is 0 Å². The lowest BCUT2D eigenvalue weighted by atomic mass is 9.46. The van der Waals surface area contributed by atoms with Crippen molar-refractivity contribution in [2.75, 3.05) is 6.61 Å². The van der Waals surface area contributed by atoms with Crippen molar-refractivity contribution in [3.8, 4) is 0 Å². The van der Waals surface area contributed by atoms with Gasteiger partial charge in [0, 0.05) is 12.0 Å². The van der Waals surface area contributed by atoms with Crippen molar-refractivity contribution < 1.29 is 4.74 Å². The summed E-state index contributed by atoms with van der Waals surface area (Å²) in [5, 5.41) is 0. The van der Waals surface area contributed by atoms with Gasteiger partial charge in [-0.1, -0.05) is 68.3 Å². The van der Waals surface area contributed by atoms with Crippen LogP contribution in [0.4, 0.5) is 0 Å². The quantitative estimate of drug-likeness (QED) is 0.380. The SMILES string of the molecule is CCCCOC1(C)CCC2C3CCc4cc(Cc5ccccc5)ccc4C3CC[C@@]21C1CCC1. The second-order valence-corrected chi connectivity index (χ2v) is 12.3. The van der Waals surface area contributed by atoms with Crippen LogP contribution in [0.25, 0.3) is 0 Å². The predicted octanol–water partition coefficient (Wildman–Crippen LogP) is 8.49. The van der Waals surface area contributed by atoms with E-state index in [4.69, 9.17) is 4.74 Å². The normalized spacial score (nSPS) is 34.7. The molecule has 0 N–H and O–H groups in total. The van der Waals surface area contributed by atoms with Crippen LogP contribution in [0.5, 0.6) is 0 Å². The molecule has 2 aromatic carbocycles. The Balaban J connectivity index is 1.26. The highest BCUT2D eigenvalue weighted by Gasteiger charge is 2.66. The van der Waals surface area contributed by atoms with Crippen LogP contribution in [0, 0.1) is 23.2 Å². The number of hydrogen-bond acceptors (Lipinski definition) is 1. The Bertz CT molecular complexity index is 991. The van der Waals surface area contributed by atoms with Crippen LogP contribution >= 0.6 is 0 Å². The topological polar surface area (TPSA) is 9.23 Å². The van der Waals surface area contributed by atoms with Gasteiger partial charge in [-0.15, -0.1) is 0 Å². The summed E-state index contributed by atoms with van der Waals surface area (Å²) in [6.07, 6.45) is 16.0. The molecule has 1 heteroatoms. The zero-order valence-electron chi connectivity index (χ0n) is 21.5. The molecule has 2 aromatic rings. The fourth-order valence-electron chi connectivity index (χ4n) is 9.05. The van der Waals surface area contributed by atoms with Crippen molar-refractivity contribution in [2.24, 2.45) is 23.2 Å². The van der Waals surface area contributed by atoms with Crippen molar-refractivity contribution in [1.29, 1.82) is 0 Å². The largest absolute Gasteiger partial charge is 0.375 e. The zero-order chi connectivity index (χ0) is 23.2. The minimum atomic E-state index is 0.114. The maximum Gasteiger partial charge on any atom is 0.0715 e. The number of benzene rings is 2. The average Bonchev–Trinajstić information content (AvgIpc) is 3.11. The number of aryl methyl sites for hydroxylation is 1. The molecule has 6 rings (SSSR count). The van der Waals surface area contributed by atoms with Crippen LogP contribution < -0.4 is 0 Å². The molecule has 0 radical (unpaired) electrons. The van der Waals surface area contributed by atoms with E-state index in [1.165, 1.54) is 81.8 Å². The Kier molecular flexibility index (Phi) is 6.13. The first-order chi connectivity index (χ1) is 16.6. The molecule has 0 aliphatic heterocycles. The molecule has 4 aliphatic rings. The summed E-state index contributed by atoms with van der Waals surface area (Å²) in [5.41, 5.74) is 6.84. The van der Waals surface area contributed by atoms with Crippen LogP contribution in [0.3, 0.4) is 0 Å². The van der Waals surface area contributed by atoms with E-state index in [0.717, 1.165) is 36.7 Å². The van der Waals surface area contributed by atoms with Crippen molar-refractivity contribution in [2.45, 2.75) is 102 Å². The summed E-state index contributed by atoms with van der Waals surface area (Å²) in [6.45, 7) is 5.80. The number of rotatable bonds is 7. The summed E-state index contributed by atoms with van der Waals surface area (Å²) < 4.78 is 6.88. The van der Waals surface area contributed by atoms with E-state index in [9.17, 15) is 0 Å². The number of ether oxygens (including phenoxy) is 1. The molecule has 0 heterocycles. The first-order valence-electron chi connectivity index (χ1n) is 14.4. The summed E-state index contributed by atoms with van der Waals surface area (Å²) in [6, 6.07) is 18.5. The standard InChI is InChI=1S/C33H44O/c1-3-4-21-34-32(2)19-18-31-30-16-14-26-23-25(22-24-9-6-5-7-10-24)13-15-28(26)29(30)17-20-33(31,32)27-11-8-12-27/h5-7,9-10,13,15,23,27,29-31H,3-4,8,11-12,14,16-22H2,1-2H3/t29?,30?,31?,32?,33-/m1/s1. The third-order valence-corrected chi connectivity index (χ3v) is 10.8. The molecule has 0 saturated heterocycles. The van der Waals surface area contributed by atoms with Gasteiger partial charge in [0.1, 0.15) is 0 Å². The Hall–Kier alpha value is -1.60. The van der Waals surface area contributed by atoms with Crippen molar-refractivity contribution in [3.05, 3.63) is 70.8 Å². The third kappa shape index (κ3) is 3.60. The highest BCUT2D eigenvalue weighted by molar-refractivity contribution is 5.40. The molecule has 3 fully saturated rings. The minimum Gasteiger partial charge on any atom is -0.375 e. The maximum atomic E-state index is 6.88. The Morgan fingerprint density at radius 1 is 0.912 bits per heavy atom. The predicted molar refractivity (Wildman–Crippen MR) is 141 cm³/mol. The van der Waals surface area contributed by atoms with Gasteiger partial charge in [0.15, 0.2) is 0 Å². The first-order valence-corrected chi connectivity index (χ1v) is 14.4. The molecule has 5 atom stereocenters. The molecule has 0 aromatic heterocycles. The van der Waals surface area contributed by atoms with Crippen LogP contribution in [0.1, 0.15) is 106 Å². The molecule has 0 spiro atoms. The minimum absolute atomic E-state index is 0.114. The molecule has 0 amide bonds. The number of unbranched alkanes of at least 4 members (excludes halogenated alkanes) is 1. The number of hydrogen-bond donors (Lipinski definition) is 0. The van der Waals surface area contributed by atoms with Gasteiger partial charge in [-0.2, -0.15) is 0 Å². The van der Waals surface area contributed by atoms with Gasteiger partial charge in [-0.3, -0.25) is 0 Å². The molecule has 34 heavy (non-hydrogen) atoms. The maximum absolute atomic E-state index is 6.88.